The molecule has 1 N–H and O–H groups in total. The first-order chi connectivity index (χ1) is 13.2. The molecule has 0 saturated carbocycles. The van der Waals surface area contributed by atoms with Crippen LogP contribution in [0.2, 0.25) is 0 Å². The zero-order chi connectivity index (χ0) is 18.4. The van der Waals surface area contributed by atoms with E-state index in [1.165, 1.54) is 0 Å². The Morgan fingerprint density at radius 2 is 2.11 bits per heavy atom. The largest absolute Gasteiger partial charge is 0.345 e. The van der Waals surface area contributed by atoms with Crippen LogP contribution in [0.25, 0.3) is 11.0 Å². The molecule has 0 bridgehead atoms. The molecule has 0 radical (unpaired) electrons. The third-order valence-corrected chi connectivity index (χ3v) is 5.63. The van der Waals surface area contributed by atoms with Crippen LogP contribution in [0.5, 0.6) is 0 Å². The Labute approximate surface area is 156 Å². The second-order valence-corrected chi connectivity index (χ2v) is 7.52. The van der Waals surface area contributed by atoms with Crippen molar-refractivity contribution in [3.8, 4) is 0 Å². The van der Waals surface area contributed by atoms with Gasteiger partial charge in [0.15, 0.2) is 0 Å². The zero-order valence-corrected chi connectivity index (χ0v) is 15.0. The molecule has 0 atom stereocenters. The minimum Gasteiger partial charge on any atom is -0.345 e. The molecule has 138 valence electrons. The molecule has 1 amide bonds. The standard InChI is InChI=1S/C20H21N5O2/c26-18-8-14-4-1-2-6-17(14)23-25(18)12-13-10-24(11-13)20(27)16-9-22-19-15(16)5-3-7-21-19/h3,5,7-9,13H,1-2,4,6,10-12H2,(H,21,22). The third kappa shape index (κ3) is 2.83. The molecule has 0 spiro atoms. The van der Waals surface area contributed by atoms with Gasteiger partial charge in [0, 0.05) is 42.9 Å². The first kappa shape index (κ1) is 16.2. The lowest BCUT2D eigenvalue weighted by molar-refractivity contribution is 0.0460. The zero-order valence-electron chi connectivity index (χ0n) is 15.0. The molecule has 7 heteroatoms. The lowest BCUT2D eigenvalue weighted by Gasteiger charge is -2.39. The number of fused-ring (bicyclic) bond motifs is 2. The highest BCUT2D eigenvalue weighted by atomic mass is 16.2. The molecule has 5 rings (SSSR count). The van der Waals surface area contributed by atoms with E-state index in [0.29, 0.717) is 25.2 Å². The van der Waals surface area contributed by atoms with Gasteiger partial charge in [-0.15, -0.1) is 0 Å². The molecule has 2 aliphatic rings. The predicted molar refractivity (Wildman–Crippen MR) is 101 cm³/mol. The number of nitrogens with one attached hydrogen (secondary N) is 1. The Hall–Kier alpha value is -2.96. The fourth-order valence-electron chi connectivity index (χ4n) is 4.13. The molecular weight excluding hydrogens is 342 g/mol. The van der Waals surface area contributed by atoms with Crippen molar-refractivity contribution in [3.63, 3.8) is 0 Å². The highest BCUT2D eigenvalue weighted by Gasteiger charge is 2.33. The average Bonchev–Trinajstić information content (AvgIpc) is 3.08. The van der Waals surface area contributed by atoms with Gasteiger partial charge in [0.05, 0.1) is 17.8 Å². The van der Waals surface area contributed by atoms with E-state index in [0.717, 1.165) is 48.0 Å². The van der Waals surface area contributed by atoms with Crippen molar-refractivity contribution in [3.05, 3.63) is 57.8 Å². The Morgan fingerprint density at radius 3 is 3.00 bits per heavy atom. The summed E-state index contributed by atoms with van der Waals surface area (Å²) in [7, 11) is 0. The SMILES string of the molecule is O=C(c1c[nH]c2ncccc12)N1CC(Cn2nc3c(cc2=O)CCCC3)C1. The van der Waals surface area contributed by atoms with Gasteiger partial charge in [0.2, 0.25) is 0 Å². The van der Waals surface area contributed by atoms with Crippen LogP contribution in [0.4, 0.5) is 0 Å². The molecule has 1 fully saturated rings. The highest BCUT2D eigenvalue weighted by molar-refractivity contribution is 6.06. The summed E-state index contributed by atoms with van der Waals surface area (Å²) in [6, 6.07) is 5.49. The number of aryl methyl sites for hydroxylation is 2. The van der Waals surface area contributed by atoms with Crippen molar-refractivity contribution in [1.82, 2.24) is 24.6 Å². The maximum atomic E-state index is 12.8. The molecule has 1 aliphatic carbocycles. The average molecular weight is 363 g/mol. The summed E-state index contributed by atoms with van der Waals surface area (Å²) in [6.07, 6.45) is 7.63. The summed E-state index contributed by atoms with van der Waals surface area (Å²) < 4.78 is 1.59. The van der Waals surface area contributed by atoms with Crippen molar-refractivity contribution in [1.29, 1.82) is 0 Å². The van der Waals surface area contributed by atoms with Crippen LogP contribution in [0, 0.1) is 5.92 Å². The first-order valence-corrected chi connectivity index (χ1v) is 9.50. The van der Waals surface area contributed by atoms with E-state index >= 15 is 0 Å². The molecule has 1 saturated heterocycles. The van der Waals surface area contributed by atoms with E-state index in [1.54, 1.807) is 23.1 Å². The number of H-pyrrole nitrogens is 1. The Kier molecular flexibility index (Phi) is 3.81. The van der Waals surface area contributed by atoms with Gasteiger partial charge in [-0.3, -0.25) is 9.59 Å². The van der Waals surface area contributed by atoms with Crippen LogP contribution in [0.3, 0.4) is 0 Å². The predicted octanol–water partition coefficient (Wildman–Crippen LogP) is 1.77. The maximum Gasteiger partial charge on any atom is 0.267 e. The number of pyridine rings is 1. The van der Waals surface area contributed by atoms with Crippen molar-refractivity contribution < 1.29 is 4.79 Å². The summed E-state index contributed by atoms with van der Waals surface area (Å²) in [4.78, 5) is 34.2. The molecule has 27 heavy (non-hydrogen) atoms. The molecule has 1 aliphatic heterocycles. The van der Waals surface area contributed by atoms with Crippen LogP contribution in [0.1, 0.15) is 34.5 Å². The van der Waals surface area contributed by atoms with Crippen molar-refractivity contribution in [2.45, 2.75) is 32.2 Å². The third-order valence-electron chi connectivity index (χ3n) is 5.63. The number of hydrogen-bond donors (Lipinski definition) is 1. The summed E-state index contributed by atoms with van der Waals surface area (Å²) in [6.45, 7) is 1.87. The van der Waals surface area contributed by atoms with Crippen LogP contribution in [-0.2, 0) is 19.4 Å². The van der Waals surface area contributed by atoms with Crippen LogP contribution >= 0.6 is 0 Å². The Morgan fingerprint density at radius 1 is 1.26 bits per heavy atom. The lowest BCUT2D eigenvalue weighted by Crippen LogP contribution is -2.52. The van der Waals surface area contributed by atoms with E-state index in [1.807, 2.05) is 17.0 Å². The van der Waals surface area contributed by atoms with Gasteiger partial charge in [-0.1, -0.05) is 0 Å². The summed E-state index contributed by atoms with van der Waals surface area (Å²) in [5.41, 5.74) is 3.53. The number of aromatic nitrogens is 4. The van der Waals surface area contributed by atoms with Crippen molar-refractivity contribution in [2.75, 3.05) is 13.1 Å². The molecule has 4 heterocycles. The molecule has 3 aromatic rings. The van der Waals surface area contributed by atoms with Gasteiger partial charge in [0.25, 0.3) is 11.5 Å². The van der Waals surface area contributed by atoms with Crippen molar-refractivity contribution >= 4 is 16.9 Å². The molecule has 0 aromatic carbocycles. The number of likely N-dealkylation sites (tertiary alicyclic amines) is 1. The lowest BCUT2D eigenvalue weighted by atomic mass is 9.96. The van der Waals surface area contributed by atoms with Crippen LogP contribution < -0.4 is 5.56 Å². The minimum absolute atomic E-state index is 0.0104. The smallest absolute Gasteiger partial charge is 0.267 e. The number of carbonyl (C=O) groups excluding carboxylic acids is 1. The number of nitrogens with zero attached hydrogens (tertiary/aromatic N) is 4. The summed E-state index contributed by atoms with van der Waals surface area (Å²) >= 11 is 0. The molecule has 0 unspecified atom stereocenters. The molecule has 7 nitrogen and oxygen atoms in total. The maximum absolute atomic E-state index is 12.8. The van der Waals surface area contributed by atoms with Gasteiger partial charge >= 0.3 is 0 Å². The second-order valence-electron chi connectivity index (χ2n) is 7.52. The van der Waals surface area contributed by atoms with Gasteiger partial charge < -0.3 is 9.88 Å². The number of aromatic amines is 1. The number of amides is 1. The quantitative estimate of drug-likeness (QED) is 0.769. The summed E-state index contributed by atoms with van der Waals surface area (Å²) in [5, 5.41) is 5.43. The van der Waals surface area contributed by atoms with Gasteiger partial charge in [0.1, 0.15) is 5.65 Å². The van der Waals surface area contributed by atoms with E-state index in [9.17, 15) is 9.59 Å². The Bertz CT molecular complexity index is 1080. The normalized spacial score (nSPS) is 17.0. The van der Waals surface area contributed by atoms with Gasteiger partial charge in [-0.25, -0.2) is 9.67 Å². The number of hydrogen-bond acceptors (Lipinski definition) is 4. The van der Waals surface area contributed by atoms with Gasteiger partial charge in [-0.2, -0.15) is 5.10 Å². The van der Waals surface area contributed by atoms with Crippen molar-refractivity contribution in [2.24, 2.45) is 5.92 Å². The first-order valence-electron chi connectivity index (χ1n) is 9.50. The fraction of sp³-hybridized carbons (Fsp3) is 0.400. The monoisotopic (exact) mass is 363 g/mol. The number of carbonyl (C=O) groups is 1. The van der Waals surface area contributed by atoms with Crippen LogP contribution in [-0.4, -0.2) is 43.6 Å². The number of rotatable bonds is 3. The Balaban J connectivity index is 1.27. The summed E-state index contributed by atoms with van der Waals surface area (Å²) in [5.74, 6) is 0.278. The van der Waals surface area contributed by atoms with E-state index in [2.05, 4.69) is 15.1 Å². The van der Waals surface area contributed by atoms with E-state index in [-0.39, 0.29) is 17.4 Å². The van der Waals surface area contributed by atoms with Gasteiger partial charge in [-0.05, 0) is 43.4 Å². The highest BCUT2D eigenvalue weighted by Crippen LogP contribution is 2.24. The second kappa shape index (κ2) is 6.33. The van der Waals surface area contributed by atoms with E-state index in [4.69, 9.17) is 0 Å². The topological polar surface area (TPSA) is 83.9 Å². The fourth-order valence-corrected chi connectivity index (χ4v) is 4.13. The van der Waals surface area contributed by atoms with Crippen LogP contribution in [0.15, 0.2) is 35.4 Å². The van der Waals surface area contributed by atoms with E-state index < -0.39 is 0 Å². The minimum atomic E-state index is -0.0249. The molecular formula is C20H21N5O2. The molecule has 3 aromatic heterocycles.